The van der Waals surface area contributed by atoms with E-state index in [1.54, 1.807) is 37.3 Å². The van der Waals surface area contributed by atoms with E-state index in [1.807, 2.05) is 5.32 Å². The number of amides is 1. The molecule has 9 nitrogen and oxygen atoms in total. The molecular formula is C17H19N3O6. The van der Waals surface area contributed by atoms with Crippen molar-refractivity contribution in [2.75, 3.05) is 6.54 Å². The summed E-state index contributed by atoms with van der Waals surface area (Å²) in [7, 11) is 0. The van der Waals surface area contributed by atoms with Crippen molar-refractivity contribution in [1.82, 2.24) is 14.5 Å². The molecule has 0 bridgehead atoms. The summed E-state index contributed by atoms with van der Waals surface area (Å²) in [4.78, 5) is 47.9. The SMILES string of the molecule is CCCn1c(=O)c(C(=O)NCC(=O)O)c(O)n(Cc2ccccc2)c1=O. The minimum Gasteiger partial charge on any atom is -0.494 e. The molecule has 1 amide bonds. The molecule has 0 atom stereocenters. The van der Waals surface area contributed by atoms with Crippen LogP contribution in [0.5, 0.6) is 5.88 Å². The van der Waals surface area contributed by atoms with Gasteiger partial charge in [-0.3, -0.25) is 23.5 Å². The predicted molar refractivity (Wildman–Crippen MR) is 92.4 cm³/mol. The van der Waals surface area contributed by atoms with Crippen LogP contribution in [-0.2, 0) is 17.9 Å². The first-order valence-corrected chi connectivity index (χ1v) is 7.97. The monoisotopic (exact) mass is 361 g/mol. The molecule has 0 radical (unpaired) electrons. The number of nitrogens with one attached hydrogen (secondary N) is 1. The molecule has 138 valence electrons. The van der Waals surface area contributed by atoms with Crippen LogP contribution in [0, 0.1) is 0 Å². The topological polar surface area (TPSA) is 131 Å². The summed E-state index contributed by atoms with van der Waals surface area (Å²) in [5.41, 5.74) is -1.67. The molecule has 26 heavy (non-hydrogen) atoms. The van der Waals surface area contributed by atoms with Gasteiger partial charge in [0.05, 0.1) is 6.54 Å². The van der Waals surface area contributed by atoms with Crippen molar-refractivity contribution in [1.29, 1.82) is 0 Å². The normalized spacial score (nSPS) is 10.5. The fraction of sp³-hybridized carbons (Fsp3) is 0.294. The smallest absolute Gasteiger partial charge is 0.334 e. The van der Waals surface area contributed by atoms with Crippen molar-refractivity contribution in [2.24, 2.45) is 0 Å². The maximum Gasteiger partial charge on any atom is 0.334 e. The van der Waals surface area contributed by atoms with Gasteiger partial charge >= 0.3 is 11.7 Å². The number of hydrogen-bond acceptors (Lipinski definition) is 5. The second kappa shape index (κ2) is 8.15. The maximum atomic E-state index is 12.6. The summed E-state index contributed by atoms with van der Waals surface area (Å²) in [5, 5.41) is 21.1. The lowest BCUT2D eigenvalue weighted by atomic mass is 10.2. The first-order chi connectivity index (χ1) is 12.4. The molecule has 1 aromatic carbocycles. The van der Waals surface area contributed by atoms with E-state index in [0.717, 1.165) is 9.13 Å². The van der Waals surface area contributed by atoms with Gasteiger partial charge in [0.2, 0.25) is 5.88 Å². The molecule has 1 aromatic heterocycles. The zero-order valence-electron chi connectivity index (χ0n) is 14.1. The minimum atomic E-state index is -1.30. The summed E-state index contributed by atoms with van der Waals surface area (Å²) in [5.74, 6) is -3.15. The zero-order chi connectivity index (χ0) is 19.3. The molecule has 0 aliphatic rings. The highest BCUT2D eigenvalue weighted by atomic mass is 16.4. The third-order valence-electron chi connectivity index (χ3n) is 3.66. The third-order valence-corrected chi connectivity index (χ3v) is 3.66. The number of aliphatic carboxylic acids is 1. The van der Waals surface area contributed by atoms with Crippen LogP contribution in [-0.4, -0.2) is 37.8 Å². The molecule has 0 saturated heterocycles. The van der Waals surface area contributed by atoms with Crippen LogP contribution in [0.1, 0.15) is 29.3 Å². The predicted octanol–water partition coefficient (Wildman–Crippen LogP) is -0.0117. The number of carbonyl (C=O) groups excluding carboxylic acids is 1. The van der Waals surface area contributed by atoms with Gasteiger partial charge in [0.25, 0.3) is 11.5 Å². The van der Waals surface area contributed by atoms with Gasteiger partial charge in [0, 0.05) is 6.54 Å². The van der Waals surface area contributed by atoms with E-state index >= 15 is 0 Å². The number of rotatable bonds is 7. The van der Waals surface area contributed by atoms with E-state index in [-0.39, 0.29) is 13.1 Å². The quantitative estimate of drug-likeness (QED) is 0.636. The van der Waals surface area contributed by atoms with Crippen molar-refractivity contribution in [3.8, 4) is 5.88 Å². The summed E-state index contributed by atoms with van der Waals surface area (Å²) in [6.45, 7) is 1.05. The van der Waals surface area contributed by atoms with Crippen LogP contribution in [0.25, 0.3) is 0 Å². The second-order valence-corrected chi connectivity index (χ2v) is 5.59. The number of carboxylic acids is 1. The zero-order valence-corrected chi connectivity index (χ0v) is 14.1. The Balaban J connectivity index is 2.60. The largest absolute Gasteiger partial charge is 0.494 e. The average Bonchev–Trinajstić information content (AvgIpc) is 2.61. The van der Waals surface area contributed by atoms with E-state index in [9.17, 15) is 24.3 Å². The molecule has 3 N–H and O–H groups in total. The van der Waals surface area contributed by atoms with Crippen molar-refractivity contribution >= 4 is 11.9 Å². The highest BCUT2D eigenvalue weighted by molar-refractivity contribution is 5.97. The van der Waals surface area contributed by atoms with E-state index in [0.29, 0.717) is 12.0 Å². The number of carboxylic acid groups (broad SMARTS) is 1. The van der Waals surface area contributed by atoms with Crippen LogP contribution in [0.15, 0.2) is 39.9 Å². The molecule has 2 aromatic rings. The summed E-state index contributed by atoms with van der Waals surface area (Å²) in [6.07, 6.45) is 0.460. The Morgan fingerprint density at radius 2 is 1.77 bits per heavy atom. The molecule has 0 spiro atoms. The molecule has 1 heterocycles. The Morgan fingerprint density at radius 1 is 1.12 bits per heavy atom. The minimum absolute atomic E-state index is 0.0469. The Kier molecular flexibility index (Phi) is 5.94. The lowest BCUT2D eigenvalue weighted by Gasteiger charge is -2.15. The van der Waals surface area contributed by atoms with Crippen LogP contribution >= 0.6 is 0 Å². The highest BCUT2D eigenvalue weighted by Crippen LogP contribution is 2.13. The van der Waals surface area contributed by atoms with E-state index < -0.39 is 41.1 Å². The standard InChI is InChI=1S/C17H19N3O6/c1-2-8-19-15(24)13(14(23)18-9-12(21)22)16(25)20(17(19)26)10-11-6-4-3-5-7-11/h3-7,25H,2,8-10H2,1H3,(H,18,23)(H,21,22). The number of aromatic hydroxyl groups is 1. The van der Waals surface area contributed by atoms with Crippen LogP contribution in [0.2, 0.25) is 0 Å². The van der Waals surface area contributed by atoms with Crippen LogP contribution < -0.4 is 16.6 Å². The van der Waals surface area contributed by atoms with Gasteiger partial charge < -0.3 is 15.5 Å². The lowest BCUT2D eigenvalue weighted by molar-refractivity contribution is -0.135. The third kappa shape index (κ3) is 4.00. The molecule has 0 aliphatic carbocycles. The molecular weight excluding hydrogens is 342 g/mol. The second-order valence-electron chi connectivity index (χ2n) is 5.59. The van der Waals surface area contributed by atoms with Gasteiger partial charge in [-0.2, -0.15) is 0 Å². The van der Waals surface area contributed by atoms with Crippen LogP contribution in [0.4, 0.5) is 0 Å². The molecule has 0 unspecified atom stereocenters. The number of nitrogens with zero attached hydrogens (tertiary/aromatic N) is 2. The van der Waals surface area contributed by atoms with Crippen molar-refractivity contribution in [2.45, 2.75) is 26.4 Å². The van der Waals surface area contributed by atoms with Crippen molar-refractivity contribution in [3.05, 3.63) is 62.3 Å². The number of aromatic nitrogens is 2. The Labute approximate surface area is 148 Å². The Bertz CT molecular complexity index is 930. The number of benzene rings is 1. The lowest BCUT2D eigenvalue weighted by Crippen LogP contribution is -2.45. The van der Waals surface area contributed by atoms with Gasteiger partial charge in [-0.15, -0.1) is 0 Å². The Morgan fingerprint density at radius 3 is 2.35 bits per heavy atom. The number of carbonyl (C=O) groups is 2. The summed E-state index contributed by atoms with van der Waals surface area (Å²) in [6, 6.07) is 8.74. The maximum absolute atomic E-state index is 12.6. The van der Waals surface area contributed by atoms with E-state index in [4.69, 9.17) is 5.11 Å². The van der Waals surface area contributed by atoms with Gasteiger partial charge in [0.15, 0.2) is 5.56 Å². The highest BCUT2D eigenvalue weighted by Gasteiger charge is 2.24. The summed E-state index contributed by atoms with van der Waals surface area (Å²) < 4.78 is 1.78. The molecule has 0 aliphatic heterocycles. The van der Waals surface area contributed by atoms with E-state index in [2.05, 4.69) is 0 Å². The fourth-order valence-corrected chi connectivity index (χ4v) is 2.46. The summed E-state index contributed by atoms with van der Waals surface area (Å²) >= 11 is 0. The van der Waals surface area contributed by atoms with Gasteiger partial charge in [0.1, 0.15) is 6.54 Å². The average molecular weight is 361 g/mol. The molecule has 0 saturated carbocycles. The first-order valence-electron chi connectivity index (χ1n) is 7.97. The van der Waals surface area contributed by atoms with Crippen molar-refractivity contribution < 1.29 is 19.8 Å². The van der Waals surface area contributed by atoms with Gasteiger partial charge in [-0.25, -0.2) is 4.79 Å². The Hall–Kier alpha value is -3.36. The molecule has 0 fully saturated rings. The van der Waals surface area contributed by atoms with Crippen molar-refractivity contribution in [3.63, 3.8) is 0 Å². The van der Waals surface area contributed by atoms with Crippen LogP contribution in [0.3, 0.4) is 0 Å². The fourth-order valence-electron chi connectivity index (χ4n) is 2.46. The van der Waals surface area contributed by atoms with E-state index in [1.165, 1.54) is 0 Å². The number of hydrogen-bond donors (Lipinski definition) is 3. The molecule has 2 rings (SSSR count). The first kappa shape index (κ1) is 19.0. The van der Waals surface area contributed by atoms with Gasteiger partial charge in [-0.05, 0) is 12.0 Å². The molecule has 9 heteroatoms. The van der Waals surface area contributed by atoms with Gasteiger partial charge in [-0.1, -0.05) is 37.3 Å².